The molecule has 0 aromatic heterocycles. The number of carboxylic acids is 1. The molecule has 0 amide bonds. The van der Waals surface area contributed by atoms with Crippen LogP contribution in [0, 0.1) is 11.3 Å². The first-order chi connectivity index (χ1) is 15.4. The van der Waals surface area contributed by atoms with Gasteiger partial charge in [-0.05, 0) is 30.7 Å². The van der Waals surface area contributed by atoms with E-state index < -0.39 is 50.4 Å². The van der Waals surface area contributed by atoms with Crippen molar-refractivity contribution in [2.75, 3.05) is 5.75 Å². The number of alkyl halides is 3. The van der Waals surface area contributed by atoms with Gasteiger partial charge in [0.15, 0.2) is 9.84 Å². The topological polar surface area (TPSA) is 107 Å². The molecule has 3 rings (SSSR count). The highest BCUT2D eigenvalue weighted by Crippen LogP contribution is 2.44. The summed E-state index contributed by atoms with van der Waals surface area (Å²) in [5.41, 5.74) is -2.81. The van der Waals surface area contributed by atoms with Crippen molar-refractivity contribution in [2.45, 2.75) is 23.9 Å². The van der Waals surface area contributed by atoms with Gasteiger partial charge in [-0.25, -0.2) is 13.2 Å². The summed E-state index contributed by atoms with van der Waals surface area (Å²) in [6, 6.07) is 11.6. The molecular formula is C22H16ClF3N2O4S. The number of nitrogens with zero attached hydrogens (tertiary/aromatic N) is 1. The summed E-state index contributed by atoms with van der Waals surface area (Å²) >= 11 is 5.99. The third-order valence-corrected chi connectivity index (χ3v) is 7.22. The Morgan fingerprint density at radius 1 is 1.18 bits per heavy atom. The average Bonchev–Trinajstić information content (AvgIpc) is 2.72. The van der Waals surface area contributed by atoms with E-state index >= 15 is 0 Å². The number of sulfone groups is 1. The number of hydrogen-bond donors (Lipinski definition) is 2. The summed E-state index contributed by atoms with van der Waals surface area (Å²) in [6.45, 7) is 1.36. The maximum Gasteiger partial charge on any atom is 0.416 e. The minimum absolute atomic E-state index is 0.0498. The van der Waals surface area contributed by atoms with Crippen LogP contribution in [-0.2, 0) is 20.8 Å². The molecule has 2 aromatic carbocycles. The molecule has 6 nitrogen and oxygen atoms in total. The highest BCUT2D eigenvalue weighted by atomic mass is 35.5. The number of carbonyl (C=O) groups is 1. The lowest BCUT2D eigenvalue weighted by Gasteiger charge is -2.30. The maximum atomic E-state index is 13.7. The van der Waals surface area contributed by atoms with Crippen molar-refractivity contribution in [1.82, 2.24) is 5.32 Å². The van der Waals surface area contributed by atoms with Gasteiger partial charge in [0.25, 0.3) is 0 Å². The number of nitrogens with one attached hydrogen (secondary N) is 1. The van der Waals surface area contributed by atoms with Crippen molar-refractivity contribution >= 4 is 27.4 Å². The van der Waals surface area contributed by atoms with Crippen molar-refractivity contribution in [1.29, 1.82) is 5.26 Å². The highest BCUT2D eigenvalue weighted by molar-refractivity contribution is 7.91. The lowest BCUT2D eigenvalue weighted by atomic mass is 9.79. The Balaban J connectivity index is 2.27. The molecule has 11 heteroatoms. The number of rotatable bonds is 5. The summed E-state index contributed by atoms with van der Waals surface area (Å²) in [5, 5.41) is 22.1. The van der Waals surface area contributed by atoms with Crippen LogP contribution >= 0.6 is 11.6 Å². The monoisotopic (exact) mass is 496 g/mol. The molecule has 0 aliphatic carbocycles. The zero-order chi connectivity index (χ0) is 24.6. The largest absolute Gasteiger partial charge is 0.478 e. The van der Waals surface area contributed by atoms with Crippen molar-refractivity contribution in [3.8, 4) is 6.07 Å². The SMILES string of the molecule is CC1=C(C#N)C(c2ccccc2C(F)(F)F)C(C(=O)O)=C(CS(=O)(=O)c2ccccc2Cl)N1. The summed E-state index contributed by atoms with van der Waals surface area (Å²) in [6.07, 6.45) is -4.83. The van der Waals surface area contributed by atoms with Gasteiger partial charge in [0.2, 0.25) is 0 Å². The maximum absolute atomic E-state index is 13.7. The lowest BCUT2D eigenvalue weighted by molar-refractivity contribution is -0.139. The highest BCUT2D eigenvalue weighted by Gasteiger charge is 2.42. The molecule has 1 heterocycles. The third kappa shape index (κ3) is 4.74. The summed E-state index contributed by atoms with van der Waals surface area (Å²) in [4.78, 5) is 12.0. The Morgan fingerprint density at radius 3 is 2.36 bits per heavy atom. The fourth-order valence-corrected chi connectivity index (χ4v) is 5.60. The number of hydrogen-bond acceptors (Lipinski definition) is 5. The molecule has 1 atom stereocenters. The summed E-state index contributed by atoms with van der Waals surface area (Å²) in [5.74, 6) is -4.17. The van der Waals surface area contributed by atoms with Crippen LogP contribution in [0.25, 0.3) is 0 Å². The number of allylic oxidation sites excluding steroid dienone is 2. The van der Waals surface area contributed by atoms with Crippen LogP contribution in [0.3, 0.4) is 0 Å². The standard InChI is InChI=1S/C22H16ClF3N2O4S/c1-12-14(10-27)19(13-6-2-3-7-15(13)22(24,25)26)20(21(29)30)17(28-12)11-33(31,32)18-9-5-4-8-16(18)23/h2-9,19,28H,11H2,1H3,(H,29,30). The number of dihydropyridines is 1. The molecule has 2 N–H and O–H groups in total. The van der Waals surface area contributed by atoms with E-state index in [4.69, 9.17) is 11.6 Å². The second-order valence-electron chi connectivity index (χ2n) is 7.18. The molecule has 1 unspecified atom stereocenters. The van der Waals surface area contributed by atoms with E-state index in [1.54, 1.807) is 6.07 Å². The Hall–Kier alpha value is -3.29. The van der Waals surface area contributed by atoms with E-state index in [2.05, 4.69) is 5.32 Å². The third-order valence-electron chi connectivity index (χ3n) is 5.08. The fraction of sp³-hybridized carbons (Fsp3) is 0.182. The van der Waals surface area contributed by atoms with E-state index in [-0.39, 0.29) is 26.9 Å². The summed E-state index contributed by atoms with van der Waals surface area (Å²) in [7, 11) is -4.19. The molecule has 1 aliphatic rings. The Labute approximate surface area is 192 Å². The van der Waals surface area contributed by atoms with Gasteiger partial charge in [-0.15, -0.1) is 0 Å². The van der Waals surface area contributed by atoms with Crippen LogP contribution in [-0.4, -0.2) is 25.2 Å². The average molecular weight is 497 g/mol. The molecule has 0 radical (unpaired) electrons. The van der Waals surface area contributed by atoms with Gasteiger partial charge in [-0.2, -0.15) is 18.4 Å². The molecule has 0 saturated carbocycles. The number of aliphatic carboxylic acids is 1. The Morgan fingerprint density at radius 2 is 1.79 bits per heavy atom. The Bertz CT molecular complexity index is 1340. The molecule has 0 fully saturated rings. The van der Waals surface area contributed by atoms with Gasteiger partial charge in [-0.1, -0.05) is 41.9 Å². The molecule has 172 valence electrons. The normalized spacial score (nSPS) is 16.9. The van der Waals surface area contributed by atoms with Crippen LogP contribution in [0.2, 0.25) is 5.02 Å². The molecule has 0 spiro atoms. The number of benzene rings is 2. The number of carboxylic acid groups (broad SMARTS) is 1. The first-order valence-corrected chi connectivity index (χ1v) is 11.4. The van der Waals surface area contributed by atoms with Crippen molar-refractivity contribution in [3.63, 3.8) is 0 Å². The van der Waals surface area contributed by atoms with Crippen LogP contribution < -0.4 is 5.32 Å². The smallest absolute Gasteiger partial charge is 0.416 e. The van der Waals surface area contributed by atoms with Crippen LogP contribution in [0.1, 0.15) is 24.0 Å². The molecular weight excluding hydrogens is 481 g/mol. The minimum atomic E-state index is -4.83. The molecule has 2 aromatic rings. The van der Waals surface area contributed by atoms with Gasteiger partial charge in [0, 0.05) is 11.4 Å². The minimum Gasteiger partial charge on any atom is -0.478 e. The zero-order valence-electron chi connectivity index (χ0n) is 16.9. The van der Waals surface area contributed by atoms with E-state index in [0.29, 0.717) is 0 Å². The van der Waals surface area contributed by atoms with Gasteiger partial charge in [0.05, 0.1) is 44.4 Å². The fourth-order valence-electron chi connectivity index (χ4n) is 3.69. The lowest BCUT2D eigenvalue weighted by Crippen LogP contribution is -2.33. The summed E-state index contributed by atoms with van der Waals surface area (Å²) < 4.78 is 67.1. The second kappa shape index (κ2) is 8.92. The van der Waals surface area contributed by atoms with Crippen LogP contribution in [0.15, 0.2) is 76.0 Å². The quantitative estimate of drug-likeness (QED) is 0.623. The number of nitriles is 1. The van der Waals surface area contributed by atoms with E-state index in [1.807, 2.05) is 0 Å². The van der Waals surface area contributed by atoms with Crippen molar-refractivity contribution in [2.24, 2.45) is 0 Å². The number of halogens is 4. The molecule has 1 aliphatic heterocycles. The second-order valence-corrected chi connectivity index (χ2v) is 9.55. The van der Waals surface area contributed by atoms with Crippen LogP contribution in [0.4, 0.5) is 13.2 Å². The first-order valence-electron chi connectivity index (χ1n) is 9.36. The van der Waals surface area contributed by atoms with E-state index in [9.17, 15) is 36.8 Å². The van der Waals surface area contributed by atoms with Crippen molar-refractivity contribution in [3.05, 3.63) is 87.2 Å². The van der Waals surface area contributed by atoms with Gasteiger partial charge < -0.3 is 10.4 Å². The zero-order valence-corrected chi connectivity index (χ0v) is 18.5. The molecule has 33 heavy (non-hydrogen) atoms. The van der Waals surface area contributed by atoms with Gasteiger partial charge >= 0.3 is 12.1 Å². The van der Waals surface area contributed by atoms with Crippen molar-refractivity contribution < 1.29 is 31.5 Å². The van der Waals surface area contributed by atoms with Gasteiger partial charge in [0.1, 0.15) is 0 Å². The predicted molar refractivity (Wildman–Crippen MR) is 114 cm³/mol. The van der Waals surface area contributed by atoms with Gasteiger partial charge in [-0.3, -0.25) is 0 Å². The Kier molecular flexibility index (Phi) is 6.58. The molecule has 0 bridgehead atoms. The predicted octanol–water partition coefficient (Wildman–Crippen LogP) is 4.66. The van der Waals surface area contributed by atoms with E-state index in [1.165, 1.54) is 37.3 Å². The first kappa shape index (κ1) is 24.4. The van der Waals surface area contributed by atoms with E-state index in [0.717, 1.165) is 18.2 Å². The van der Waals surface area contributed by atoms with Crippen LogP contribution in [0.5, 0.6) is 0 Å². The molecule has 0 saturated heterocycles.